The molecule has 2 aromatic heterocycles. The molecule has 0 aliphatic carbocycles. The first kappa shape index (κ1) is 20.9. The van der Waals surface area contributed by atoms with E-state index in [2.05, 4.69) is 15.2 Å². The van der Waals surface area contributed by atoms with E-state index in [1.165, 1.54) is 0 Å². The van der Waals surface area contributed by atoms with Gasteiger partial charge in [-0.3, -0.25) is 20.0 Å². The van der Waals surface area contributed by atoms with Gasteiger partial charge in [0.25, 0.3) is 5.69 Å². The molecule has 1 aliphatic heterocycles. The molecular formula is C24H22N4O5. The number of pyridine rings is 1. The molecule has 1 aliphatic rings. The Morgan fingerprint density at radius 1 is 1.18 bits per heavy atom. The fourth-order valence-corrected chi connectivity index (χ4v) is 4.51. The van der Waals surface area contributed by atoms with Gasteiger partial charge in [-0.2, -0.15) is 0 Å². The zero-order valence-corrected chi connectivity index (χ0v) is 17.7. The number of hydrogen-bond donors (Lipinski definition) is 2. The molecule has 1 saturated heterocycles. The summed E-state index contributed by atoms with van der Waals surface area (Å²) in [5.41, 5.74) is 2.21. The molecule has 4 aromatic rings. The van der Waals surface area contributed by atoms with Crippen LogP contribution in [0.25, 0.3) is 33.1 Å². The monoisotopic (exact) mass is 446 g/mol. The highest BCUT2D eigenvalue weighted by molar-refractivity contribution is 5.98. The smallest absolute Gasteiger partial charge is 0.404 e. The number of aromatic nitrogens is 1. The SMILES string of the molecule is O=C(O)NC1CCN(Cc2cc3c(-c4cc5ccccc5o4)cncc3cc2[N+](=O)[O-])CC1. The van der Waals surface area contributed by atoms with Crippen molar-refractivity contribution in [1.29, 1.82) is 0 Å². The first-order valence-electron chi connectivity index (χ1n) is 10.7. The number of carboxylic acid groups (broad SMARTS) is 1. The lowest BCUT2D eigenvalue weighted by Crippen LogP contribution is -2.43. The third-order valence-electron chi connectivity index (χ3n) is 6.16. The van der Waals surface area contributed by atoms with Crippen molar-refractivity contribution in [3.05, 3.63) is 70.5 Å². The summed E-state index contributed by atoms with van der Waals surface area (Å²) >= 11 is 0. The number of nitro benzene ring substituents is 1. The Balaban J connectivity index is 1.50. The second kappa shape index (κ2) is 8.51. The number of nitrogens with one attached hydrogen (secondary N) is 1. The second-order valence-corrected chi connectivity index (χ2v) is 8.29. The van der Waals surface area contributed by atoms with E-state index in [9.17, 15) is 14.9 Å². The Labute approximate surface area is 188 Å². The summed E-state index contributed by atoms with van der Waals surface area (Å²) in [6.07, 6.45) is 3.66. The van der Waals surface area contributed by atoms with Gasteiger partial charge in [0.05, 0.1) is 4.92 Å². The van der Waals surface area contributed by atoms with Crippen LogP contribution < -0.4 is 5.32 Å². The lowest BCUT2D eigenvalue weighted by molar-refractivity contribution is -0.385. The molecule has 0 radical (unpaired) electrons. The summed E-state index contributed by atoms with van der Waals surface area (Å²) in [6.45, 7) is 1.73. The molecule has 1 amide bonds. The molecular weight excluding hydrogens is 424 g/mol. The number of benzene rings is 2. The van der Waals surface area contributed by atoms with Crippen LogP contribution in [0.2, 0.25) is 0 Å². The highest BCUT2D eigenvalue weighted by Crippen LogP contribution is 2.35. The van der Waals surface area contributed by atoms with E-state index >= 15 is 0 Å². The Morgan fingerprint density at radius 3 is 2.70 bits per heavy atom. The number of piperidine rings is 1. The number of nitro groups is 1. The van der Waals surface area contributed by atoms with E-state index in [0.717, 1.165) is 21.9 Å². The molecule has 1 fully saturated rings. The van der Waals surface area contributed by atoms with Crippen molar-refractivity contribution >= 4 is 33.5 Å². The van der Waals surface area contributed by atoms with Crippen molar-refractivity contribution in [3.8, 4) is 11.3 Å². The van der Waals surface area contributed by atoms with Crippen LogP contribution >= 0.6 is 0 Å². The molecule has 0 spiro atoms. The van der Waals surface area contributed by atoms with Crippen molar-refractivity contribution in [3.63, 3.8) is 0 Å². The van der Waals surface area contributed by atoms with Crippen LogP contribution in [-0.4, -0.2) is 45.1 Å². The van der Waals surface area contributed by atoms with Crippen LogP contribution in [-0.2, 0) is 6.54 Å². The summed E-state index contributed by atoms with van der Waals surface area (Å²) in [4.78, 5) is 28.8. The van der Waals surface area contributed by atoms with Crippen molar-refractivity contribution in [2.45, 2.75) is 25.4 Å². The number of hydrogen-bond acceptors (Lipinski definition) is 6. The van der Waals surface area contributed by atoms with Gasteiger partial charge in [-0.25, -0.2) is 4.79 Å². The highest BCUT2D eigenvalue weighted by atomic mass is 16.6. The second-order valence-electron chi connectivity index (χ2n) is 8.29. The molecule has 2 N–H and O–H groups in total. The number of carbonyl (C=O) groups is 1. The quantitative estimate of drug-likeness (QED) is 0.334. The lowest BCUT2D eigenvalue weighted by Gasteiger charge is -2.31. The predicted octanol–water partition coefficient (Wildman–Crippen LogP) is 4.79. The van der Waals surface area contributed by atoms with Crippen LogP contribution in [0, 0.1) is 10.1 Å². The average molecular weight is 446 g/mol. The Bertz CT molecular complexity index is 1320. The van der Waals surface area contributed by atoms with E-state index in [0.29, 0.717) is 49.2 Å². The van der Waals surface area contributed by atoms with Gasteiger partial charge >= 0.3 is 6.09 Å². The number of amides is 1. The molecule has 5 rings (SSSR count). The van der Waals surface area contributed by atoms with E-state index in [1.54, 1.807) is 18.5 Å². The maximum atomic E-state index is 11.8. The molecule has 33 heavy (non-hydrogen) atoms. The van der Waals surface area contributed by atoms with Gasteiger partial charge in [0, 0.05) is 66.0 Å². The summed E-state index contributed by atoms with van der Waals surface area (Å²) in [7, 11) is 0. The first-order chi connectivity index (χ1) is 16.0. The van der Waals surface area contributed by atoms with Crippen molar-refractivity contribution in [2.24, 2.45) is 0 Å². The number of nitrogens with zero attached hydrogens (tertiary/aromatic N) is 3. The maximum Gasteiger partial charge on any atom is 0.404 e. The highest BCUT2D eigenvalue weighted by Gasteiger charge is 2.24. The lowest BCUT2D eigenvalue weighted by atomic mass is 9.99. The molecule has 0 atom stereocenters. The van der Waals surface area contributed by atoms with Crippen molar-refractivity contribution in [1.82, 2.24) is 15.2 Å². The van der Waals surface area contributed by atoms with Gasteiger partial charge in [-0.15, -0.1) is 0 Å². The minimum absolute atomic E-state index is 0.0526. The van der Waals surface area contributed by atoms with Crippen LogP contribution in [0.4, 0.5) is 10.5 Å². The molecule has 168 valence electrons. The van der Waals surface area contributed by atoms with Gasteiger partial charge in [-0.05, 0) is 36.4 Å². The summed E-state index contributed by atoms with van der Waals surface area (Å²) < 4.78 is 6.03. The number of furan rings is 1. The first-order valence-corrected chi connectivity index (χ1v) is 10.7. The molecule has 2 aromatic carbocycles. The fourth-order valence-electron chi connectivity index (χ4n) is 4.51. The minimum Gasteiger partial charge on any atom is -0.465 e. The van der Waals surface area contributed by atoms with Gasteiger partial charge in [0.1, 0.15) is 11.3 Å². The summed E-state index contributed by atoms with van der Waals surface area (Å²) in [5.74, 6) is 0.662. The standard InChI is InChI=1S/C24H22N4O5/c29-24(30)26-18-5-7-27(8-6-18)14-17-9-19-16(10-21(17)28(31)32)12-25-13-20(19)23-11-15-3-1-2-4-22(15)33-23/h1-4,9-13,18,26H,5-8,14H2,(H,29,30). The number of rotatable bonds is 5. The number of likely N-dealkylation sites (tertiary alicyclic amines) is 1. The molecule has 3 heterocycles. The summed E-state index contributed by atoms with van der Waals surface area (Å²) in [6, 6.07) is 13.0. The van der Waals surface area contributed by atoms with Gasteiger partial charge in [0.2, 0.25) is 0 Å². The predicted molar refractivity (Wildman–Crippen MR) is 123 cm³/mol. The number of fused-ring (bicyclic) bond motifs is 2. The van der Waals surface area contributed by atoms with Gasteiger partial charge in [0.15, 0.2) is 0 Å². The Kier molecular flexibility index (Phi) is 5.39. The van der Waals surface area contributed by atoms with E-state index < -0.39 is 6.09 Å². The minimum atomic E-state index is -1.02. The molecule has 0 unspecified atom stereocenters. The summed E-state index contributed by atoms with van der Waals surface area (Å²) in [5, 5.41) is 25.8. The maximum absolute atomic E-state index is 11.8. The van der Waals surface area contributed by atoms with Crippen LogP contribution in [0.15, 0.2) is 59.3 Å². The third-order valence-corrected chi connectivity index (χ3v) is 6.16. The largest absolute Gasteiger partial charge is 0.465 e. The van der Waals surface area contributed by atoms with E-state index in [1.807, 2.05) is 36.4 Å². The topological polar surface area (TPSA) is 122 Å². The molecule has 9 nitrogen and oxygen atoms in total. The van der Waals surface area contributed by atoms with Crippen LogP contribution in [0.5, 0.6) is 0 Å². The molecule has 0 bridgehead atoms. The van der Waals surface area contributed by atoms with Gasteiger partial charge < -0.3 is 14.8 Å². The molecule has 9 heteroatoms. The average Bonchev–Trinajstić information content (AvgIpc) is 3.23. The Hall–Kier alpha value is -3.98. The van der Waals surface area contributed by atoms with Crippen molar-refractivity contribution < 1.29 is 19.2 Å². The van der Waals surface area contributed by atoms with Crippen LogP contribution in [0.3, 0.4) is 0 Å². The zero-order chi connectivity index (χ0) is 22.9. The number of para-hydroxylation sites is 1. The molecule has 0 saturated carbocycles. The normalized spacial score (nSPS) is 15.2. The third kappa shape index (κ3) is 4.22. The van der Waals surface area contributed by atoms with Crippen molar-refractivity contribution in [2.75, 3.05) is 13.1 Å². The zero-order valence-electron chi connectivity index (χ0n) is 17.7. The Morgan fingerprint density at radius 2 is 1.97 bits per heavy atom. The van der Waals surface area contributed by atoms with Gasteiger partial charge in [-0.1, -0.05) is 18.2 Å². The van der Waals surface area contributed by atoms with Crippen LogP contribution in [0.1, 0.15) is 18.4 Å². The fraction of sp³-hybridized carbons (Fsp3) is 0.250. The van der Waals surface area contributed by atoms with E-state index in [-0.39, 0.29) is 16.7 Å². The van der Waals surface area contributed by atoms with E-state index in [4.69, 9.17) is 9.52 Å².